The van der Waals surface area contributed by atoms with Crippen LogP contribution in [0.2, 0.25) is 5.02 Å². The summed E-state index contributed by atoms with van der Waals surface area (Å²) in [6.07, 6.45) is 1.41. The molecule has 110 valence electrons. The van der Waals surface area contributed by atoms with E-state index in [0.29, 0.717) is 16.3 Å². The Labute approximate surface area is 125 Å². The van der Waals surface area contributed by atoms with Crippen molar-refractivity contribution in [3.05, 3.63) is 34.4 Å². The van der Waals surface area contributed by atoms with Crippen molar-refractivity contribution in [2.45, 2.75) is 6.42 Å². The molecule has 1 saturated heterocycles. The number of imide groups is 1. The Morgan fingerprint density at radius 2 is 2.19 bits per heavy atom. The molecule has 7 heteroatoms. The molecule has 0 atom stereocenters. The zero-order valence-electron chi connectivity index (χ0n) is 11.1. The normalized spacial score (nSPS) is 16.7. The fourth-order valence-corrected chi connectivity index (χ4v) is 2.27. The molecule has 0 aliphatic carbocycles. The van der Waals surface area contributed by atoms with Crippen molar-refractivity contribution < 1.29 is 24.2 Å². The molecule has 0 aromatic heterocycles. The minimum Gasteiger partial charge on any atom is -0.495 e. The summed E-state index contributed by atoms with van der Waals surface area (Å²) in [5.41, 5.74) is 0.872. The molecule has 1 N–H and O–H groups in total. The van der Waals surface area contributed by atoms with E-state index in [1.54, 1.807) is 18.2 Å². The zero-order chi connectivity index (χ0) is 15.6. The van der Waals surface area contributed by atoms with Crippen LogP contribution >= 0.6 is 11.6 Å². The highest BCUT2D eigenvalue weighted by molar-refractivity contribution is 6.32. The molecule has 0 unspecified atom stereocenters. The first-order valence-electron chi connectivity index (χ1n) is 6.03. The number of nitrogens with zero attached hydrogens (tertiary/aromatic N) is 1. The van der Waals surface area contributed by atoms with Crippen LogP contribution in [0.25, 0.3) is 6.08 Å². The topological polar surface area (TPSA) is 83.9 Å². The van der Waals surface area contributed by atoms with Gasteiger partial charge in [-0.25, -0.2) is 0 Å². The summed E-state index contributed by atoms with van der Waals surface area (Å²) in [5.74, 6) is -1.84. The Morgan fingerprint density at radius 3 is 2.76 bits per heavy atom. The van der Waals surface area contributed by atoms with Crippen LogP contribution < -0.4 is 4.74 Å². The molecule has 0 radical (unpaired) electrons. The lowest BCUT2D eigenvalue weighted by Gasteiger charge is -2.09. The number of carboxylic acids is 1. The molecule has 1 aliphatic rings. The Morgan fingerprint density at radius 1 is 1.48 bits per heavy atom. The van der Waals surface area contributed by atoms with Gasteiger partial charge in [0, 0.05) is 5.57 Å². The van der Waals surface area contributed by atoms with E-state index >= 15 is 0 Å². The molecule has 0 bridgehead atoms. The van der Waals surface area contributed by atoms with Gasteiger partial charge < -0.3 is 9.84 Å². The van der Waals surface area contributed by atoms with Crippen molar-refractivity contribution in [3.63, 3.8) is 0 Å². The number of carbonyl (C=O) groups is 3. The van der Waals surface area contributed by atoms with Gasteiger partial charge in [-0.05, 0) is 23.8 Å². The Hall–Kier alpha value is -2.34. The van der Waals surface area contributed by atoms with E-state index in [9.17, 15) is 14.4 Å². The SMILES string of the molecule is COc1ccc(/C=C2\CC(=O)N(CC(=O)O)C2=O)cc1Cl. The molecule has 1 aromatic rings. The van der Waals surface area contributed by atoms with Gasteiger partial charge in [0.2, 0.25) is 5.91 Å². The predicted octanol–water partition coefficient (Wildman–Crippen LogP) is 1.58. The molecule has 6 nitrogen and oxygen atoms in total. The fourth-order valence-electron chi connectivity index (χ4n) is 2.00. The number of hydrogen-bond donors (Lipinski definition) is 1. The van der Waals surface area contributed by atoms with Gasteiger partial charge in [-0.15, -0.1) is 0 Å². The maximum Gasteiger partial charge on any atom is 0.323 e. The highest BCUT2D eigenvalue weighted by Crippen LogP contribution is 2.27. The van der Waals surface area contributed by atoms with Gasteiger partial charge in [-0.2, -0.15) is 0 Å². The maximum absolute atomic E-state index is 12.0. The molecule has 0 spiro atoms. The monoisotopic (exact) mass is 309 g/mol. The van der Waals surface area contributed by atoms with Crippen molar-refractivity contribution >= 4 is 35.5 Å². The first kappa shape index (κ1) is 15.1. The van der Waals surface area contributed by atoms with Crippen LogP contribution in [0.4, 0.5) is 0 Å². The average Bonchev–Trinajstić information content (AvgIpc) is 2.66. The third kappa shape index (κ3) is 3.22. The molecule has 2 rings (SSSR count). The second-order valence-electron chi connectivity index (χ2n) is 4.42. The van der Waals surface area contributed by atoms with E-state index in [0.717, 1.165) is 4.90 Å². The van der Waals surface area contributed by atoms with Gasteiger partial charge in [-0.3, -0.25) is 19.3 Å². The van der Waals surface area contributed by atoms with Crippen molar-refractivity contribution in [3.8, 4) is 5.75 Å². The van der Waals surface area contributed by atoms with Crippen LogP contribution in [0.1, 0.15) is 12.0 Å². The molecule has 1 fully saturated rings. The van der Waals surface area contributed by atoms with Crippen molar-refractivity contribution in [2.75, 3.05) is 13.7 Å². The van der Waals surface area contributed by atoms with Crippen LogP contribution in [0.15, 0.2) is 23.8 Å². The third-order valence-corrected chi connectivity index (χ3v) is 3.27. The number of carboxylic acid groups (broad SMARTS) is 1. The van der Waals surface area contributed by atoms with Crippen LogP contribution in [-0.2, 0) is 14.4 Å². The number of benzene rings is 1. The lowest BCUT2D eigenvalue weighted by Crippen LogP contribution is -2.34. The van der Waals surface area contributed by atoms with Gasteiger partial charge >= 0.3 is 5.97 Å². The predicted molar refractivity (Wildman–Crippen MR) is 75.0 cm³/mol. The van der Waals surface area contributed by atoms with Crippen LogP contribution in [0, 0.1) is 0 Å². The van der Waals surface area contributed by atoms with E-state index in [1.807, 2.05) is 0 Å². The van der Waals surface area contributed by atoms with Crippen molar-refractivity contribution in [1.82, 2.24) is 4.90 Å². The smallest absolute Gasteiger partial charge is 0.323 e. The van der Waals surface area contributed by atoms with E-state index in [-0.39, 0.29) is 12.0 Å². The quantitative estimate of drug-likeness (QED) is 0.674. The lowest BCUT2D eigenvalue weighted by atomic mass is 10.1. The second kappa shape index (κ2) is 5.97. The number of rotatable bonds is 4. The number of halogens is 1. The van der Waals surface area contributed by atoms with Crippen molar-refractivity contribution in [1.29, 1.82) is 0 Å². The van der Waals surface area contributed by atoms with Crippen LogP contribution in [0.3, 0.4) is 0 Å². The minimum atomic E-state index is -1.23. The summed E-state index contributed by atoms with van der Waals surface area (Å²) in [6.45, 7) is -0.627. The summed E-state index contributed by atoms with van der Waals surface area (Å²) < 4.78 is 5.02. The molecule has 1 aliphatic heterocycles. The standard InChI is InChI=1S/C14H12ClNO5/c1-21-11-3-2-8(5-10(11)15)4-9-6-12(17)16(14(9)20)7-13(18)19/h2-5H,6-7H2,1H3,(H,18,19)/b9-4+. The number of hydrogen-bond acceptors (Lipinski definition) is 4. The largest absolute Gasteiger partial charge is 0.495 e. The Kier molecular flexibility index (Phi) is 4.28. The molecule has 1 heterocycles. The summed E-state index contributed by atoms with van der Waals surface area (Å²) in [5, 5.41) is 9.06. The Balaban J connectivity index is 2.26. The minimum absolute atomic E-state index is 0.115. The summed E-state index contributed by atoms with van der Waals surface area (Å²) >= 11 is 5.98. The number of likely N-dealkylation sites (tertiary alicyclic amines) is 1. The molecule has 21 heavy (non-hydrogen) atoms. The molecular weight excluding hydrogens is 298 g/mol. The van der Waals surface area contributed by atoms with E-state index in [1.165, 1.54) is 13.2 Å². The first-order chi connectivity index (χ1) is 9.92. The molecule has 1 aromatic carbocycles. The fraction of sp³-hybridized carbons (Fsp3) is 0.214. The van der Waals surface area contributed by atoms with Gasteiger partial charge in [0.25, 0.3) is 5.91 Å². The highest BCUT2D eigenvalue weighted by atomic mass is 35.5. The number of carbonyl (C=O) groups excluding carboxylic acids is 2. The summed E-state index contributed by atoms with van der Waals surface area (Å²) in [4.78, 5) is 35.0. The summed E-state index contributed by atoms with van der Waals surface area (Å²) in [6, 6.07) is 4.94. The number of methoxy groups -OCH3 is 1. The third-order valence-electron chi connectivity index (χ3n) is 2.97. The Bertz CT molecular complexity index is 653. The molecule has 0 saturated carbocycles. The van der Waals surface area contributed by atoms with Gasteiger partial charge in [0.05, 0.1) is 18.6 Å². The van der Waals surface area contributed by atoms with E-state index < -0.39 is 24.3 Å². The first-order valence-corrected chi connectivity index (χ1v) is 6.40. The van der Waals surface area contributed by atoms with Crippen molar-refractivity contribution in [2.24, 2.45) is 0 Å². The number of aliphatic carboxylic acids is 1. The van der Waals surface area contributed by atoms with Gasteiger partial charge in [-0.1, -0.05) is 17.7 Å². The maximum atomic E-state index is 12.0. The average molecular weight is 310 g/mol. The van der Waals surface area contributed by atoms with Crippen LogP contribution in [0.5, 0.6) is 5.75 Å². The van der Waals surface area contributed by atoms with E-state index in [2.05, 4.69) is 0 Å². The number of amides is 2. The molecule has 2 amide bonds. The van der Waals surface area contributed by atoms with Gasteiger partial charge in [0.1, 0.15) is 12.3 Å². The summed E-state index contributed by atoms with van der Waals surface area (Å²) in [7, 11) is 1.49. The van der Waals surface area contributed by atoms with Gasteiger partial charge in [0.15, 0.2) is 0 Å². The van der Waals surface area contributed by atoms with Crippen LogP contribution in [-0.4, -0.2) is 41.4 Å². The number of ether oxygens (including phenoxy) is 1. The molecular formula is C14H12ClNO5. The van der Waals surface area contributed by atoms with E-state index in [4.69, 9.17) is 21.4 Å². The second-order valence-corrected chi connectivity index (χ2v) is 4.83. The lowest BCUT2D eigenvalue weighted by molar-refractivity contribution is -0.148. The highest BCUT2D eigenvalue weighted by Gasteiger charge is 2.34. The zero-order valence-corrected chi connectivity index (χ0v) is 11.9.